The van der Waals surface area contributed by atoms with Crippen molar-refractivity contribution in [3.63, 3.8) is 0 Å². The third-order valence-electron chi connectivity index (χ3n) is 3.31. The van der Waals surface area contributed by atoms with E-state index in [4.69, 9.17) is 5.73 Å². The van der Waals surface area contributed by atoms with E-state index >= 15 is 0 Å². The van der Waals surface area contributed by atoms with Crippen molar-refractivity contribution < 1.29 is 0 Å². The van der Waals surface area contributed by atoms with E-state index in [2.05, 4.69) is 47.8 Å². The largest absolute Gasteiger partial charge is 0.384 e. The van der Waals surface area contributed by atoms with Crippen LogP contribution in [0.4, 0.5) is 5.82 Å². The van der Waals surface area contributed by atoms with Gasteiger partial charge < -0.3 is 10.3 Å². The number of nitrogen functional groups attached to an aromatic ring is 1. The van der Waals surface area contributed by atoms with E-state index in [0.717, 1.165) is 12.1 Å². The molecular weight excluding hydrogens is 210 g/mol. The van der Waals surface area contributed by atoms with Crippen LogP contribution in [-0.2, 0) is 13.5 Å². The zero-order valence-electron chi connectivity index (χ0n) is 10.1. The monoisotopic (exact) mass is 225 g/mol. The summed E-state index contributed by atoms with van der Waals surface area (Å²) in [6, 6.07) is 10.4. The molecule has 0 spiro atoms. The molecule has 3 heteroatoms. The molecular formula is C14H15N3. The predicted molar refractivity (Wildman–Crippen MR) is 72.0 cm³/mol. The maximum absolute atomic E-state index is 5.88. The molecule has 1 aromatic carbocycles. The lowest BCUT2D eigenvalue weighted by molar-refractivity contribution is 0.970. The Bertz CT molecular complexity index is 710. The first-order chi connectivity index (χ1) is 8.22. The highest BCUT2D eigenvalue weighted by Crippen LogP contribution is 2.30. The summed E-state index contributed by atoms with van der Waals surface area (Å²) in [5.74, 6) is 0.603. The molecule has 0 unspecified atom stereocenters. The molecule has 3 nitrogen and oxygen atoms in total. The Morgan fingerprint density at radius 2 is 2.00 bits per heavy atom. The lowest BCUT2D eigenvalue weighted by Gasteiger charge is -2.04. The van der Waals surface area contributed by atoms with Crippen LogP contribution in [0.15, 0.2) is 30.3 Å². The van der Waals surface area contributed by atoms with E-state index in [1.807, 2.05) is 6.07 Å². The van der Waals surface area contributed by atoms with Crippen LogP contribution in [0.1, 0.15) is 12.6 Å². The summed E-state index contributed by atoms with van der Waals surface area (Å²) in [6.45, 7) is 2.11. The second-order valence-electron chi connectivity index (χ2n) is 4.32. The van der Waals surface area contributed by atoms with Crippen LogP contribution in [0.25, 0.3) is 21.8 Å². The van der Waals surface area contributed by atoms with Crippen LogP contribution < -0.4 is 5.73 Å². The first-order valence-electron chi connectivity index (χ1n) is 5.85. The van der Waals surface area contributed by atoms with E-state index in [-0.39, 0.29) is 0 Å². The van der Waals surface area contributed by atoms with E-state index in [1.165, 1.54) is 21.8 Å². The number of hydrogen-bond acceptors (Lipinski definition) is 2. The fraction of sp³-hybridized carbons (Fsp3) is 0.214. The highest BCUT2D eigenvalue weighted by atomic mass is 15.0. The van der Waals surface area contributed by atoms with Crippen molar-refractivity contribution in [2.24, 2.45) is 7.05 Å². The van der Waals surface area contributed by atoms with Gasteiger partial charge in [-0.05, 0) is 18.6 Å². The summed E-state index contributed by atoms with van der Waals surface area (Å²) in [5, 5.41) is 2.45. The number of aryl methyl sites for hydroxylation is 2. The van der Waals surface area contributed by atoms with Gasteiger partial charge in [-0.3, -0.25) is 0 Å². The van der Waals surface area contributed by atoms with Gasteiger partial charge in [0.25, 0.3) is 0 Å². The maximum atomic E-state index is 5.88. The molecule has 0 atom stereocenters. The lowest BCUT2D eigenvalue weighted by Crippen LogP contribution is -1.98. The van der Waals surface area contributed by atoms with Gasteiger partial charge in [0.05, 0.1) is 11.2 Å². The van der Waals surface area contributed by atoms with Gasteiger partial charge in [0.1, 0.15) is 5.82 Å². The number of aromatic nitrogens is 2. The van der Waals surface area contributed by atoms with E-state index < -0.39 is 0 Å². The smallest absolute Gasteiger partial charge is 0.124 e. The highest BCUT2D eigenvalue weighted by molar-refractivity contribution is 6.09. The molecule has 3 aromatic rings. The molecule has 0 radical (unpaired) electrons. The Kier molecular flexibility index (Phi) is 2.08. The van der Waals surface area contributed by atoms with Crippen molar-refractivity contribution in [2.75, 3.05) is 5.73 Å². The number of benzene rings is 1. The number of para-hydroxylation sites is 1. The summed E-state index contributed by atoms with van der Waals surface area (Å²) in [4.78, 5) is 4.43. The third kappa shape index (κ3) is 1.32. The van der Waals surface area contributed by atoms with Gasteiger partial charge >= 0.3 is 0 Å². The van der Waals surface area contributed by atoms with Crippen molar-refractivity contribution in [3.8, 4) is 0 Å². The van der Waals surface area contributed by atoms with Crippen LogP contribution in [0.2, 0.25) is 0 Å². The fourth-order valence-electron chi connectivity index (χ4n) is 2.55. The van der Waals surface area contributed by atoms with Crippen LogP contribution in [0.5, 0.6) is 0 Å². The summed E-state index contributed by atoms with van der Waals surface area (Å²) < 4.78 is 2.20. The van der Waals surface area contributed by atoms with Gasteiger partial charge in [0, 0.05) is 23.3 Å². The van der Waals surface area contributed by atoms with Crippen LogP contribution in [0, 0.1) is 0 Å². The molecule has 0 fully saturated rings. The first-order valence-corrected chi connectivity index (χ1v) is 5.85. The topological polar surface area (TPSA) is 43.8 Å². The third-order valence-corrected chi connectivity index (χ3v) is 3.31. The molecule has 0 saturated carbocycles. The molecule has 2 heterocycles. The normalized spacial score (nSPS) is 11.4. The zero-order valence-corrected chi connectivity index (χ0v) is 10.1. The minimum atomic E-state index is 0.603. The minimum absolute atomic E-state index is 0.603. The Labute approximate surface area is 99.9 Å². The van der Waals surface area contributed by atoms with Crippen LogP contribution in [0.3, 0.4) is 0 Å². The molecule has 0 saturated heterocycles. The lowest BCUT2D eigenvalue weighted by atomic mass is 10.1. The molecule has 0 aliphatic carbocycles. The number of rotatable bonds is 1. The van der Waals surface area contributed by atoms with Gasteiger partial charge in [-0.15, -0.1) is 0 Å². The predicted octanol–water partition coefficient (Wildman–Crippen LogP) is 2.87. The van der Waals surface area contributed by atoms with E-state index in [1.54, 1.807) is 0 Å². The summed E-state index contributed by atoms with van der Waals surface area (Å²) in [6.07, 6.45) is 0.895. The molecule has 0 aliphatic rings. The first kappa shape index (κ1) is 10.1. The second-order valence-corrected chi connectivity index (χ2v) is 4.32. The van der Waals surface area contributed by atoms with E-state index in [0.29, 0.717) is 5.82 Å². The number of anilines is 1. The number of pyridine rings is 1. The quantitative estimate of drug-likeness (QED) is 0.692. The minimum Gasteiger partial charge on any atom is -0.384 e. The summed E-state index contributed by atoms with van der Waals surface area (Å²) >= 11 is 0. The van der Waals surface area contributed by atoms with Crippen molar-refractivity contribution in [3.05, 3.63) is 36.0 Å². The number of nitrogens with zero attached hydrogens (tertiary/aromatic N) is 2. The Morgan fingerprint density at radius 1 is 1.24 bits per heavy atom. The maximum Gasteiger partial charge on any atom is 0.124 e. The average molecular weight is 225 g/mol. The molecule has 0 bridgehead atoms. The molecule has 0 amide bonds. The zero-order chi connectivity index (χ0) is 12.0. The Hall–Kier alpha value is -2.03. The molecule has 2 aromatic heterocycles. The van der Waals surface area contributed by atoms with Crippen molar-refractivity contribution in [1.29, 1.82) is 0 Å². The van der Waals surface area contributed by atoms with Crippen molar-refractivity contribution in [1.82, 2.24) is 9.55 Å². The fourth-order valence-corrected chi connectivity index (χ4v) is 2.55. The van der Waals surface area contributed by atoms with Gasteiger partial charge in [-0.25, -0.2) is 4.98 Å². The molecule has 17 heavy (non-hydrogen) atoms. The van der Waals surface area contributed by atoms with Crippen molar-refractivity contribution >= 4 is 27.6 Å². The highest BCUT2D eigenvalue weighted by Gasteiger charge is 2.12. The summed E-state index contributed by atoms with van der Waals surface area (Å²) in [5.41, 5.74) is 9.37. The van der Waals surface area contributed by atoms with Gasteiger partial charge in [-0.1, -0.05) is 25.1 Å². The van der Waals surface area contributed by atoms with Gasteiger partial charge in [0.2, 0.25) is 0 Å². The van der Waals surface area contributed by atoms with Gasteiger partial charge in [0.15, 0.2) is 0 Å². The Morgan fingerprint density at radius 3 is 2.76 bits per heavy atom. The standard InChI is InChI=1S/C14H15N3/c1-3-11-14-10(8-13(15)16-11)9-6-4-5-7-12(9)17(14)2/h4-8H,3H2,1-2H3,(H2,15,16). The number of fused-ring (bicyclic) bond motifs is 3. The molecule has 2 N–H and O–H groups in total. The second kappa shape index (κ2) is 3.48. The van der Waals surface area contributed by atoms with E-state index in [9.17, 15) is 0 Å². The van der Waals surface area contributed by atoms with Gasteiger partial charge in [-0.2, -0.15) is 0 Å². The average Bonchev–Trinajstić information content (AvgIpc) is 2.63. The molecule has 86 valence electrons. The van der Waals surface area contributed by atoms with Crippen molar-refractivity contribution in [2.45, 2.75) is 13.3 Å². The number of hydrogen-bond donors (Lipinski definition) is 1. The SMILES string of the molecule is CCc1nc(N)cc2c3ccccc3n(C)c12. The molecule has 3 rings (SSSR count). The molecule has 0 aliphatic heterocycles. The Balaban J connectivity index is 2.61. The van der Waals surface area contributed by atoms with Crippen LogP contribution in [-0.4, -0.2) is 9.55 Å². The van der Waals surface area contributed by atoms with Crippen LogP contribution >= 0.6 is 0 Å². The summed E-state index contributed by atoms with van der Waals surface area (Å²) in [7, 11) is 2.09. The number of nitrogens with two attached hydrogens (primary N) is 1.